The summed E-state index contributed by atoms with van der Waals surface area (Å²) in [6.07, 6.45) is 9.97. The summed E-state index contributed by atoms with van der Waals surface area (Å²) in [5, 5.41) is 0. The number of unbranched alkanes of at least 4 members (excludes halogenated alkanes) is 1. The molecule has 0 rings (SSSR count). The van der Waals surface area contributed by atoms with E-state index in [-0.39, 0.29) is 0 Å². The third-order valence-corrected chi connectivity index (χ3v) is 2.82. The van der Waals surface area contributed by atoms with Crippen molar-refractivity contribution in [3.05, 3.63) is 0 Å². The van der Waals surface area contributed by atoms with E-state index >= 15 is 0 Å². The van der Waals surface area contributed by atoms with Crippen molar-refractivity contribution in [2.24, 2.45) is 11.8 Å². The molecule has 0 saturated heterocycles. The summed E-state index contributed by atoms with van der Waals surface area (Å²) in [5.41, 5.74) is 0. The van der Waals surface area contributed by atoms with E-state index in [0.717, 1.165) is 11.8 Å². The van der Waals surface area contributed by atoms with E-state index in [2.05, 4.69) is 27.7 Å². The van der Waals surface area contributed by atoms with Crippen LogP contribution in [0.4, 0.5) is 0 Å². The Morgan fingerprint density at radius 3 is 1.92 bits per heavy atom. The smallest absolute Gasteiger partial charge is 0.0414 e. The summed E-state index contributed by atoms with van der Waals surface area (Å²) < 4.78 is 0. The van der Waals surface area contributed by atoms with Crippen LogP contribution in [0.3, 0.4) is 0 Å². The summed E-state index contributed by atoms with van der Waals surface area (Å²) in [6.45, 7) is 9.28. The zero-order valence-corrected chi connectivity index (χ0v) is 10.1. The first-order chi connectivity index (χ1) is 6.20. The van der Waals surface area contributed by atoms with Crippen molar-refractivity contribution < 1.29 is 0 Å². The maximum atomic E-state index is 2.34. The van der Waals surface area contributed by atoms with E-state index in [4.69, 9.17) is 0 Å². The van der Waals surface area contributed by atoms with Gasteiger partial charge in [0.05, 0.1) is 0 Å². The fourth-order valence-corrected chi connectivity index (χ4v) is 1.90. The highest BCUT2D eigenvalue weighted by Gasteiger charge is 2.07. The molecule has 0 bridgehead atoms. The monoisotopic (exact) mass is 184 g/mol. The van der Waals surface area contributed by atoms with Crippen molar-refractivity contribution in [2.75, 3.05) is 0 Å². The second kappa shape index (κ2) is 8.59. The Labute approximate surface area is 85.1 Å². The van der Waals surface area contributed by atoms with Gasteiger partial charge >= 0.3 is 0 Å². The average molecular weight is 184 g/mol. The Hall–Kier alpha value is 0. The standard InChI is InChI=1S/C13H28/c1-5-7-9-13(8-6-2)11-10-12(3)4/h12-13H,5-11H2,1-4H3/t13-/m1/s1. The van der Waals surface area contributed by atoms with Crippen molar-refractivity contribution in [1.82, 2.24) is 0 Å². The molecule has 0 N–H and O–H groups in total. The lowest BCUT2D eigenvalue weighted by Crippen LogP contribution is -2.02. The van der Waals surface area contributed by atoms with E-state index in [1.807, 2.05) is 0 Å². The van der Waals surface area contributed by atoms with Crippen LogP contribution in [0.25, 0.3) is 0 Å². The highest BCUT2D eigenvalue weighted by atomic mass is 14.1. The van der Waals surface area contributed by atoms with E-state index in [1.54, 1.807) is 0 Å². The van der Waals surface area contributed by atoms with E-state index in [1.165, 1.54) is 44.9 Å². The molecular formula is C13H28. The second-order valence-corrected chi connectivity index (χ2v) is 4.77. The van der Waals surface area contributed by atoms with Gasteiger partial charge in [0, 0.05) is 0 Å². The summed E-state index contributed by atoms with van der Waals surface area (Å²) in [4.78, 5) is 0. The number of hydrogen-bond acceptors (Lipinski definition) is 0. The van der Waals surface area contributed by atoms with Crippen LogP contribution in [0, 0.1) is 11.8 Å². The van der Waals surface area contributed by atoms with Crippen LogP contribution in [-0.4, -0.2) is 0 Å². The van der Waals surface area contributed by atoms with Crippen LogP contribution in [0.1, 0.15) is 72.6 Å². The Balaban J connectivity index is 3.53. The van der Waals surface area contributed by atoms with Gasteiger partial charge in [0.15, 0.2) is 0 Å². The quantitative estimate of drug-likeness (QED) is 0.496. The van der Waals surface area contributed by atoms with Crippen molar-refractivity contribution >= 4 is 0 Å². The molecule has 0 aromatic heterocycles. The predicted molar refractivity (Wildman–Crippen MR) is 62.0 cm³/mol. The zero-order chi connectivity index (χ0) is 10.1. The third kappa shape index (κ3) is 8.33. The van der Waals surface area contributed by atoms with Crippen molar-refractivity contribution in [2.45, 2.75) is 72.6 Å². The molecule has 13 heavy (non-hydrogen) atoms. The highest BCUT2D eigenvalue weighted by molar-refractivity contribution is 4.60. The van der Waals surface area contributed by atoms with Gasteiger partial charge in [-0.15, -0.1) is 0 Å². The predicted octanol–water partition coefficient (Wildman–Crippen LogP) is 5.03. The van der Waals surface area contributed by atoms with Gasteiger partial charge < -0.3 is 0 Å². The minimum Gasteiger partial charge on any atom is -0.0654 e. The summed E-state index contributed by atoms with van der Waals surface area (Å²) in [5.74, 6) is 1.91. The third-order valence-electron chi connectivity index (χ3n) is 2.82. The van der Waals surface area contributed by atoms with Gasteiger partial charge in [-0.1, -0.05) is 72.6 Å². The van der Waals surface area contributed by atoms with Gasteiger partial charge in [-0.2, -0.15) is 0 Å². The molecule has 0 aliphatic carbocycles. The molecule has 0 nitrogen and oxygen atoms in total. The normalized spacial score (nSPS) is 13.6. The average Bonchev–Trinajstić information content (AvgIpc) is 2.09. The molecule has 0 amide bonds. The minimum atomic E-state index is 0.890. The summed E-state index contributed by atoms with van der Waals surface area (Å²) in [6, 6.07) is 0. The molecule has 0 aliphatic rings. The SMILES string of the molecule is CCCC[C@@H](CCC)CCC(C)C. The largest absolute Gasteiger partial charge is 0.0654 e. The lowest BCUT2D eigenvalue weighted by Gasteiger charge is -2.16. The van der Waals surface area contributed by atoms with E-state index in [9.17, 15) is 0 Å². The maximum Gasteiger partial charge on any atom is -0.0414 e. The number of rotatable bonds is 8. The maximum absolute atomic E-state index is 2.34. The lowest BCUT2D eigenvalue weighted by molar-refractivity contribution is 0.366. The Morgan fingerprint density at radius 1 is 0.769 bits per heavy atom. The van der Waals surface area contributed by atoms with Gasteiger partial charge in [-0.25, -0.2) is 0 Å². The van der Waals surface area contributed by atoms with Gasteiger partial charge in [0.1, 0.15) is 0 Å². The van der Waals surface area contributed by atoms with Crippen LogP contribution in [0.15, 0.2) is 0 Å². The van der Waals surface area contributed by atoms with E-state index < -0.39 is 0 Å². The molecular weight excluding hydrogens is 156 g/mol. The highest BCUT2D eigenvalue weighted by Crippen LogP contribution is 2.22. The van der Waals surface area contributed by atoms with Crippen molar-refractivity contribution in [3.8, 4) is 0 Å². The summed E-state index contributed by atoms with van der Waals surface area (Å²) >= 11 is 0. The van der Waals surface area contributed by atoms with Crippen LogP contribution in [0.5, 0.6) is 0 Å². The molecule has 0 fully saturated rings. The Bertz CT molecular complexity index is 94.2. The molecule has 0 spiro atoms. The molecule has 1 atom stereocenters. The van der Waals surface area contributed by atoms with Crippen LogP contribution < -0.4 is 0 Å². The van der Waals surface area contributed by atoms with Crippen molar-refractivity contribution in [1.29, 1.82) is 0 Å². The minimum absolute atomic E-state index is 0.890. The topological polar surface area (TPSA) is 0 Å². The van der Waals surface area contributed by atoms with Gasteiger partial charge in [-0.3, -0.25) is 0 Å². The summed E-state index contributed by atoms with van der Waals surface area (Å²) in [7, 11) is 0. The fourth-order valence-electron chi connectivity index (χ4n) is 1.90. The first kappa shape index (κ1) is 13.0. The molecule has 0 saturated carbocycles. The van der Waals surface area contributed by atoms with Crippen LogP contribution in [0.2, 0.25) is 0 Å². The molecule has 0 heteroatoms. The van der Waals surface area contributed by atoms with Crippen LogP contribution in [-0.2, 0) is 0 Å². The molecule has 80 valence electrons. The molecule has 0 aliphatic heterocycles. The Morgan fingerprint density at radius 2 is 1.46 bits per heavy atom. The van der Waals surface area contributed by atoms with Crippen LogP contribution >= 0.6 is 0 Å². The van der Waals surface area contributed by atoms with E-state index in [0.29, 0.717) is 0 Å². The fraction of sp³-hybridized carbons (Fsp3) is 1.00. The van der Waals surface area contributed by atoms with Crippen molar-refractivity contribution in [3.63, 3.8) is 0 Å². The molecule has 0 unspecified atom stereocenters. The molecule has 0 heterocycles. The first-order valence-corrected chi connectivity index (χ1v) is 6.20. The van der Waals surface area contributed by atoms with Gasteiger partial charge in [0.25, 0.3) is 0 Å². The molecule has 0 aromatic rings. The first-order valence-electron chi connectivity index (χ1n) is 6.20. The number of hydrogen-bond donors (Lipinski definition) is 0. The Kier molecular flexibility index (Phi) is 8.59. The lowest BCUT2D eigenvalue weighted by atomic mass is 9.90. The molecule has 0 radical (unpaired) electrons. The second-order valence-electron chi connectivity index (χ2n) is 4.77. The van der Waals surface area contributed by atoms with Gasteiger partial charge in [-0.05, 0) is 11.8 Å². The van der Waals surface area contributed by atoms with Gasteiger partial charge in [0.2, 0.25) is 0 Å². The molecule has 0 aromatic carbocycles. The zero-order valence-electron chi connectivity index (χ0n) is 10.1.